The number of furan rings is 1. The van der Waals surface area contributed by atoms with E-state index in [4.69, 9.17) is 4.42 Å². The number of β-amino-alcohol motifs (C(OH)–C–C–N with tert-alkyl or cyclic N) is 1. The molecule has 1 aliphatic heterocycles. The van der Waals surface area contributed by atoms with Crippen molar-refractivity contribution in [3.63, 3.8) is 0 Å². The van der Waals surface area contributed by atoms with Crippen molar-refractivity contribution in [3.05, 3.63) is 35.6 Å². The van der Waals surface area contributed by atoms with Gasteiger partial charge in [0.25, 0.3) is 5.91 Å². The number of fused-ring (bicyclic) bond motifs is 1. The van der Waals surface area contributed by atoms with Crippen molar-refractivity contribution in [2.75, 3.05) is 13.1 Å². The number of aryl methyl sites for hydroxylation is 1. The molecule has 1 N–H and O–H groups in total. The lowest BCUT2D eigenvalue weighted by atomic mass is 9.88. The fraction of sp³-hybridized carbons (Fsp3) is 0.438. The van der Waals surface area contributed by atoms with Gasteiger partial charge in [-0.1, -0.05) is 11.6 Å². The number of rotatable bonds is 2. The number of aliphatic hydroxyl groups is 1. The Hall–Kier alpha value is -1.81. The molecular weight excluding hydrogens is 254 g/mol. The molecule has 4 nitrogen and oxygen atoms in total. The van der Waals surface area contributed by atoms with Crippen LogP contribution in [0.5, 0.6) is 0 Å². The molecular formula is C16H17NO3. The third kappa shape index (κ3) is 1.75. The molecule has 2 fully saturated rings. The van der Waals surface area contributed by atoms with Gasteiger partial charge in [0.2, 0.25) is 0 Å². The van der Waals surface area contributed by atoms with E-state index in [1.54, 1.807) is 11.0 Å². The van der Waals surface area contributed by atoms with Crippen LogP contribution in [0.4, 0.5) is 0 Å². The lowest BCUT2D eigenvalue weighted by Crippen LogP contribution is -2.64. The molecule has 0 spiro atoms. The minimum atomic E-state index is -0.641. The van der Waals surface area contributed by atoms with Gasteiger partial charge in [-0.05, 0) is 43.9 Å². The highest BCUT2D eigenvalue weighted by molar-refractivity contribution is 5.96. The van der Waals surface area contributed by atoms with Crippen molar-refractivity contribution in [3.8, 4) is 0 Å². The second-order valence-corrected chi connectivity index (χ2v) is 6.19. The molecule has 2 heterocycles. The highest BCUT2D eigenvalue weighted by Gasteiger charge is 2.53. The third-order valence-electron chi connectivity index (χ3n) is 4.44. The van der Waals surface area contributed by atoms with Crippen molar-refractivity contribution < 1.29 is 14.3 Å². The van der Waals surface area contributed by atoms with Crippen molar-refractivity contribution in [2.24, 2.45) is 5.92 Å². The van der Waals surface area contributed by atoms with Crippen molar-refractivity contribution >= 4 is 16.9 Å². The molecule has 1 aromatic heterocycles. The summed E-state index contributed by atoms with van der Waals surface area (Å²) in [5.41, 5.74) is 1.24. The maximum Gasteiger partial charge on any atom is 0.289 e. The molecule has 0 radical (unpaired) electrons. The minimum absolute atomic E-state index is 0.121. The average Bonchev–Trinajstić information content (AvgIpc) is 3.15. The predicted molar refractivity (Wildman–Crippen MR) is 74.5 cm³/mol. The molecule has 2 aromatic rings. The highest BCUT2D eigenvalue weighted by Crippen LogP contribution is 2.44. The van der Waals surface area contributed by atoms with Gasteiger partial charge in [0.15, 0.2) is 5.76 Å². The molecule has 1 saturated heterocycles. The third-order valence-corrected chi connectivity index (χ3v) is 4.44. The van der Waals surface area contributed by atoms with Crippen LogP contribution in [0.25, 0.3) is 11.0 Å². The van der Waals surface area contributed by atoms with E-state index >= 15 is 0 Å². The standard InChI is InChI=1S/C16H17NO3/c1-10-2-5-13-11(6-10)7-14(20-13)15(18)17-8-16(19,9-17)12-3-4-12/h2,5-7,12,19H,3-4,8-9H2,1H3. The smallest absolute Gasteiger partial charge is 0.289 e. The second-order valence-electron chi connectivity index (χ2n) is 6.19. The molecule has 1 saturated carbocycles. The zero-order valence-corrected chi connectivity index (χ0v) is 11.4. The first kappa shape index (κ1) is 12.0. The van der Waals surface area contributed by atoms with Gasteiger partial charge in [-0.15, -0.1) is 0 Å². The number of benzene rings is 1. The second kappa shape index (κ2) is 3.85. The van der Waals surface area contributed by atoms with Crippen molar-refractivity contribution in [2.45, 2.75) is 25.4 Å². The lowest BCUT2D eigenvalue weighted by molar-refractivity contribution is -0.0964. The number of amides is 1. The van der Waals surface area contributed by atoms with Gasteiger partial charge in [-0.2, -0.15) is 0 Å². The predicted octanol–water partition coefficient (Wildman–Crippen LogP) is 2.34. The van der Waals surface area contributed by atoms with E-state index in [-0.39, 0.29) is 5.91 Å². The Bertz CT molecular complexity index is 693. The Morgan fingerprint density at radius 1 is 1.35 bits per heavy atom. The summed E-state index contributed by atoms with van der Waals surface area (Å²) in [5.74, 6) is 0.637. The van der Waals surface area contributed by atoms with Crippen LogP contribution in [0.3, 0.4) is 0 Å². The van der Waals surface area contributed by atoms with Gasteiger partial charge in [0.05, 0.1) is 13.1 Å². The van der Waals surface area contributed by atoms with E-state index < -0.39 is 5.60 Å². The maximum absolute atomic E-state index is 12.3. The summed E-state index contributed by atoms with van der Waals surface area (Å²) in [6, 6.07) is 7.65. The molecule has 1 aliphatic carbocycles. The van der Waals surface area contributed by atoms with E-state index in [0.29, 0.717) is 24.8 Å². The van der Waals surface area contributed by atoms with Crippen LogP contribution < -0.4 is 0 Å². The Morgan fingerprint density at radius 2 is 2.10 bits per heavy atom. The van der Waals surface area contributed by atoms with Crippen LogP contribution in [-0.2, 0) is 0 Å². The molecule has 0 atom stereocenters. The fourth-order valence-corrected chi connectivity index (χ4v) is 3.06. The fourth-order valence-electron chi connectivity index (χ4n) is 3.06. The molecule has 2 aliphatic rings. The topological polar surface area (TPSA) is 53.7 Å². The number of likely N-dealkylation sites (tertiary alicyclic amines) is 1. The molecule has 4 rings (SSSR count). The van der Waals surface area contributed by atoms with E-state index in [1.807, 2.05) is 25.1 Å². The maximum atomic E-state index is 12.3. The van der Waals surface area contributed by atoms with Crippen LogP contribution in [0.1, 0.15) is 29.0 Å². The summed E-state index contributed by atoms with van der Waals surface area (Å²) >= 11 is 0. The lowest BCUT2D eigenvalue weighted by Gasteiger charge is -2.46. The Balaban J connectivity index is 1.55. The molecule has 4 heteroatoms. The first-order chi connectivity index (χ1) is 9.55. The van der Waals surface area contributed by atoms with Gasteiger partial charge >= 0.3 is 0 Å². The molecule has 1 amide bonds. The largest absolute Gasteiger partial charge is 0.451 e. The quantitative estimate of drug-likeness (QED) is 0.912. The molecule has 0 bridgehead atoms. The van der Waals surface area contributed by atoms with Crippen LogP contribution in [-0.4, -0.2) is 34.6 Å². The zero-order valence-electron chi connectivity index (χ0n) is 11.4. The first-order valence-corrected chi connectivity index (χ1v) is 7.07. The van der Waals surface area contributed by atoms with E-state index in [0.717, 1.165) is 29.4 Å². The Labute approximate surface area is 117 Å². The van der Waals surface area contributed by atoms with E-state index in [1.165, 1.54) is 0 Å². The summed E-state index contributed by atoms with van der Waals surface area (Å²) in [6.45, 7) is 2.89. The molecule has 20 heavy (non-hydrogen) atoms. The van der Waals surface area contributed by atoms with Gasteiger partial charge in [0, 0.05) is 5.39 Å². The number of hydrogen-bond acceptors (Lipinski definition) is 3. The van der Waals surface area contributed by atoms with Crippen LogP contribution in [0.2, 0.25) is 0 Å². The van der Waals surface area contributed by atoms with Gasteiger partial charge < -0.3 is 14.4 Å². The van der Waals surface area contributed by atoms with Crippen LogP contribution >= 0.6 is 0 Å². The summed E-state index contributed by atoms with van der Waals surface area (Å²) in [5, 5.41) is 11.2. The SMILES string of the molecule is Cc1ccc2oc(C(=O)N3CC(O)(C4CC4)C3)cc2c1. The minimum Gasteiger partial charge on any atom is -0.451 e. The average molecular weight is 271 g/mol. The van der Waals surface area contributed by atoms with E-state index in [9.17, 15) is 9.90 Å². The molecule has 1 aromatic carbocycles. The number of carbonyl (C=O) groups excluding carboxylic acids is 1. The zero-order chi connectivity index (χ0) is 13.9. The summed E-state index contributed by atoms with van der Waals surface area (Å²) in [4.78, 5) is 14.0. The molecule has 0 unspecified atom stereocenters. The van der Waals surface area contributed by atoms with Crippen LogP contribution in [0.15, 0.2) is 28.7 Å². The summed E-state index contributed by atoms with van der Waals surface area (Å²) < 4.78 is 5.61. The van der Waals surface area contributed by atoms with Crippen molar-refractivity contribution in [1.29, 1.82) is 0 Å². The summed E-state index contributed by atoms with van der Waals surface area (Å²) in [7, 11) is 0. The first-order valence-electron chi connectivity index (χ1n) is 7.07. The number of carbonyl (C=O) groups is 1. The van der Waals surface area contributed by atoms with Gasteiger partial charge in [-0.25, -0.2) is 0 Å². The van der Waals surface area contributed by atoms with Crippen molar-refractivity contribution in [1.82, 2.24) is 4.90 Å². The van der Waals surface area contributed by atoms with Gasteiger partial charge in [0.1, 0.15) is 11.2 Å². The Morgan fingerprint density at radius 3 is 2.80 bits per heavy atom. The van der Waals surface area contributed by atoms with Gasteiger partial charge in [-0.3, -0.25) is 4.79 Å². The normalized spacial score (nSPS) is 21.0. The summed E-state index contributed by atoms with van der Waals surface area (Å²) in [6.07, 6.45) is 2.17. The van der Waals surface area contributed by atoms with Crippen LogP contribution in [0, 0.1) is 12.8 Å². The monoisotopic (exact) mass is 271 g/mol. The Kier molecular flexibility index (Phi) is 2.31. The number of hydrogen-bond donors (Lipinski definition) is 1. The highest BCUT2D eigenvalue weighted by atomic mass is 16.3. The number of nitrogens with zero attached hydrogens (tertiary/aromatic N) is 1. The molecule has 104 valence electrons. The van der Waals surface area contributed by atoms with E-state index in [2.05, 4.69) is 0 Å².